The summed E-state index contributed by atoms with van der Waals surface area (Å²) >= 11 is 0. The number of benzene rings is 1. The van der Waals surface area contributed by atoms with E-state index in [1.165, 1.54) is 38.5 Å². The van der Waals surface area contributed by atoms with Crippen LogP contribution in [0.2, 0.25) is 0 Å². The van der Waals surface area contributed by atoms with Gasteiger partial charge in [-0.3, -0.25) is 9.59 Å². The number of rotatable bonds is 5. The van der Waals surface area contributed by atoms with E-state index in [0.717, 1.165) is 23.3 Å². The molecule has 5 nitrogen and oxygen atoms in total. The number of amides is 1. The maximum atomic E-state index is 13.2. The maximum Gasteiger partial charge on any atom is 0.307 e. The molecule has 29 heavy (non-hydrogen) atoms. The molecule has 156 valence electrons. The molecule has 1 saturated heterocycles. The van der Waals surface area contributed by atoms with Gasteiger partial charge in [-0.25, -0.2) is 0 Å². The Hall–Kier alpha value is -1.88. The van der Waals surface area contributed by atoms with Gasteiger partial charge in [0, 0.05) is 18.7 Å². The summed E-state index contributed by atoms with van der Waals surface area (Å²) in [5.41, 5.74) is 0.873. The predicted octanol–water partition coefficient (Wildman–Crippen LogP) is 3.74. The highest BCUT2D eigenvalue weighted by atomic mass is 16.5. The molecule has 4 bridgehead atoms. The molecular weight excluding hydrogens is 366 g/mol. The molecule has 6 rings (SSSR count). The fourth-order valence-corrected chi connectivity index (χ4v) is 6.82. The smallest absolute Gasteiger partial charge is 0.307 e. The van der Waals surface area contributed by atoms with E-state index in [1.54, 1.807) is 4.90 Å². The fraction of sp³-hybridized carbons (Fsp3) is 0.667. The standard InChI is InChI=1S/C24H31NO4/c26-21(16-24-13-17-10-18(14-24)12-19(11-17)15-24)29-22(20-4-2-1-3-5-20)23(27)25-6-8-28-9-7-25/h1-5,17-19,22H,6-16H2/t17?,18?,19?,22-,24?/m0/s1. The van der Waals surface area contributed by atoms with Gasteiger partial charge in [-0.15, -0.1) is 0 Å². The van der Waals surface area contributed by atoms with Crippen molar-refractivity contribution in [3.05, 3.63) is 35.9 Å². The van der Waals surface area contributed by atoms with Gasteiger partial charge in [0.15, 0.2) is 0 Å². The Balaban J connectivity index is 1.31. The predicted molar refractivity (Wildman–Crippen MR) is 108 cm³/mol. The first kappa shape index (κ1) is 19.1. The number of hydrogen-bond acceptors (Lipinski definition) is 4. The summed E-state index contributed by atoms with van der Waals surface area (Å²) in [5, 5.41) is 0. The second-order valence-electron chi connectivity index (χ2n) is 9.81. The first-order valence-electron chi connectivity index (χ1n) is 11.2. The summed E-state index contributed by atoms with van der Waals surface area (Å²) < 4.78 is 11.3. The topological polar surface area (TPSA) is 55.8 Å². The van der Waals surface area contributed by atoms with E-state index in [1.807, 2.05) is 30.3 Å². The lowest BCUT2D eigenvalue weighted by atomic mass is 9.49. The van der Waals surface area contributed by atoms with Gasteiger partial charge >= 0.3 is 5.97 Å². The van der Waals surface area contributed by atoms with Gasteiger partial charge in [-0.1, -0.05) is 30.3 Å². The molecule has 0 unspecified atom stereocenters. The van der Waals surface area contributed by atoms with Crippen molar-refractivity contribution in [2.45, 2.75) is 51.0 Å². The SMILES string of the molecule is O=C(CC12CC3CC(CC(C3)C1)C2)O[C@H](C(=O)N1CCOCC1)c1ccccc1. The maximum absolute atomic E-state index is 13.2. The largest absolute Gasteiger partial charge is 0.447 e. The van der Waals surface area contributed by atoms with Gasteiger partial charge in [0.25, 0.3) is 5.91 Å². The molecule has 1 atom stereocenters. The highest BCUT2D eigenvalue weighted by molar-refractivity contribution is 5.85. The van der Waals surface area contributed by atoms with Gasteiger partial charge in [0.1, 0.15) is 0 Å². The third-order valence-electron chi connectivity index (χ3n) is 7.58. The van der Waals surface area contributed by atoms with Gasteiger partial charge < -0.3 is 14.4 Å². The van der Waals surface area contributed by atoms with Gasteiger partial charge in [0.05, 0.1) is 19.6 Å². The highest BCUT2D eigenvalue weighted by Crippen LogP contribution is 2.61. The Kier molecular flexibility index (Phi) is 5.10. The van der Waals surface area contributed by atoms with Crippen LogP contribution in [0.25, 0.3) is 0 Å². The lowest BCUT2D eigenvalue weighted by Crippen LogP contribution is -2.47. The molecule has 4 saturated carbocycles. The van der Waals surface area contributed by atoms with Crippen LogP contribution in [-0.2, 0) is 19.1 Å². The van der Waals surface area contributed by atoms with Crippen LogP contribution in [0, 0.1) is 23.2 Å². The van der Waals surface area contributed by atoms with E-state index in [9.17, 15) is 9.59 Å². The fourth-order valence-electron chi connectivity index (χ4n) is 6.82. The summed E-state index contributed by atoms with van der Waals surface area (Å²) in [5.74, 6) is 2.07. The Morgan fingerprint density at radius 1 is 1.00 bits per heavy atom. The van der Waals surface area contributed by atoms with Gasteiger partial charge in [0.2, 0.25) is 6.10 Å². The molecule has 1 amide bonds. The van der Waals surface area contributed by atoms with E-state index < -0.39 is 6.10 Å². The molecule has 5 heteroatoms. The van der Waals surface area contributed by atoms with Crippen molar-refractivity contribution < 1.29 is 19.1 Å². The highest BCUT2D eigenvalue weighted by Gasteiger charge is 2.52. The van der Waals surface area contributed by atoms with E-state index in [2.05, 4.69) is 0 Å². The molecule has 0 spiro atoms. The number of hydrogen-bond donors (Lipinski definition) is 0. The van der Waals surface area contributed by atoms with Crippen LogP contribution in [-0.4, -0.2) is 43.1 Å². The number of carbonyl (C=O) groups is 2. The Morgan fingerprint density at radius 2 is 1.59 bits per heavy atom. The van der Waals surface area contributed by atoms with Crippen molar-refractivity contribution in [2.24, 2.45) is 23.2 Å². The summed E-state index contributed by atoms with van der Waals surface area (Å²) in [6, 6.07) is 9.45. The first-order valence-corrected chi connectivity index (χ1v) is 11.2. The third kappa shape index (κ3) is 3.94. The summed E-state index contributed by atoms with van der Waals surface area (Å²) in [6.07, 6.45) is 7.19. The third-order valence-corrected chi connectivity index (χ3v) is 7.58. The minimum Gasteiger partial charge on any atom is -0.447 e. The first-order chi connectivity index (χ1) is 14.1. The summed E-state index contributed by atoms with van der Waals surface area (Å²) in [6.45, 7) is 2.17. The molecule has 1 aromatic rings. The zero-order valence-corrected chi connectivity index (χ0v) is 17.1. The van der Waals surface area contributed by atoms with Crippen molar-refractivity contribution >= 4 is 11.9 Å². The second kappa shape index (κ2) is 7.75. The van der Waals surface area contributed by atoms with Crippen molar-refractivity contribution in [1.82, 2.24) is 4.90 Å². The average Bonchev–Trinajstić information content (AvgIpc) is 2.71. The van der Waals surface area contributed by atoms with E-state index >= 15 is 0 Å². The lowest BCUT2D eigenvalue weighted by molar-refractivity contribution is -0.167. The number of ether oxygens (including phenoxy) is 2. The summed E-state index contributed by atoms with van der Waals surface area (Å²) in [7, 11) is 0. The van der Waals surface area contributed by atoms with Crippen molar-refractivity contribution in [1.29, 1.82) is 0 Å². The number of carbonyl (C=O) groups excluding carboxylic acids is 2. The van der Waals surface area contributed by atoms with Crippen LogP contribution in [0.15, 0.2) is 30.3 Å². The van der Waals surface area contributed by atoms with Crippen molar-refractivity contribution in [2.75, 3.05) is 26.3 Å². The Labute approximate surface area is 172 Å². The monoisotopic (exact) mass is 397 g/mol. The minimum atomic E-state index is -0.851. The quantitative estimate of drug-likeness (QED) is 0.711. The number of morpholine rings is 1. The van der Waals surface area contributed by atoms with E-state index in [4.69, 9.17) is 9.47 Å². The average molecular weight is 398 g/mol. The normalized spacial score (nSPS) is 34.1. The molecule has 1 aliphatic heterocycles. The minimum absolute atomic E-state index is 0.120. The van der Waals surface area contributed by atoms with Crippen LogP contribution in [0.1, 0.15) is 56.6 Å². The summed E-state index contributed by atoms with van der Waals surface area (Å²) in [4.78, 5) is 28.0. The van der Waals surface area contributed by atoms with Crippen molar-refractivity contribution in [3.63, 3.8) is 0 Å². The second-order valence-corrected chi connectivity index (χ2v) is 9.81. The Bertz CT molecular complexity index is 720. The van der Waals surface area contributed by atoms with Crippen LogP contribution in [0.3, 0.4) is 0 Å². The van der Waals surface area contributed by atoms with Crippen LogP contribution < -0.4 is 0 Å². The molecule has 0 radical (unpaired) electrons. The number of esters is 1. The van der Waals surface area contributed by atoms with Crippen molar-refractivity contribution in [3.8, 4) is 0 Å². The van der Waals surface area contributed by atoms with Gasteiger partial charge in [-0.05, 0) is 61.7 Å². The lowest BCUT2D eigenvalue weighted by Gasteiger charge is -2.56. The zero-order chi connectivity index (χ0) is 19.8. The zero-order valence-electron chi connectivity index (χ0n) is 17.1. The molecular formula is C24H31NO4. The molecule has 0 N–H and O–H groups in total. The van der Waals surface area contributed by atoms with Crippen LogP contribution in [0.5, 0.6) is 0 Å². The molecule has 4 aliphatic carbocycles. The molecule has 1 heterocycles. The van der Waals surface area contributed by atoms with E-state index in [-0.39, 0.29) is 17.3 Å². The van der Waals surface area contributed by atoms with Crippen LogP contribution >= 0.6 is 0 Å². The van der Waals surface area contributed by atoms with E-state index in [0.29, 0.717) is 32.7 Å². The molecule has 5 aliphatic rings. The number of nitrogens with zero attached hydrogens (tertiary/aromatic N) is 1. The van der Waals surface area contributed by atoms with Crippen LogP contribution in [0.4, 0.5) is 0 Å². The molecule has 5 fully saturated rings. The Morgan fingerprint density at radius 3 is 2.17 bits per heavy atom. The van der Waals surface area contributed by atoms with Gasteiger partial charge in [-0.2, -0.15) is 0 Å². The molecule has 0 aromatic heterocycles. The molecule has 1 aromatic carbocycles.